The highest BCUT2D eigenvalue weighted by molar-refractivity contribution is 6.05. The fraction of sp³-hybridized carbons (Fsp3) is 0.652. The number of carbonyl (C=O) groups is 3. The van der Waals surface area contributed by atoms with Gasteiger partial charge in [-0.1, -0.05) is 19.3 Å². The third-order valence-corrected chi connectivity index (χ3v) is 6.47. The van der Waals surface area contributed by atoms with Crippen molar-refractivity contribution >= 4 is 17.7 Å². The van der Waals surface area contributed by atoms with Crippen molar-refractivity contribution in [2.45, 2.75) is 90.1 Å². The number of nitrogens with zero attached hydrogens (tertiary/aromatic N) is 2. The quantitative estimate of drug-likeness (QED) is 0.788. The van der Waals surface area contributed by atoms with E-state index in [1.807, 2.05) is 0 Å². The zero-order valence-electron chi connectivity index (χ0n) is 18.0. The summed E-state index contributed by atoms with van der Waals surface area (Å²) in [6.45, 7) is 2.99. The van der Waals surface area contributed by atoms with Crippen LogP contribution in [-0.2, 0) is 9.59 Å². The number of halogens is 1. The third-order valence-electron chi connectivity index (χ3n) is 6.47. The van der Waals surface area contributed by atoms with E-state index in [4.69, 9.17) is 0 Å². The van der Waals surface area contributed by atoms with Crippen molar-refractivity contribution in [1.82, 2.24) is 15.2 Å². The number of amides is 3. The first-order valence-corrected chi connectivity index (χ1v) is 11.1. The summed E-state index contributed by atoms with van der Waals surface area (Å²) in [5.41, 5.74) is 0.518. The Hall–Kier alpha value is -2.31. The molecule has 2 aliphatic rings. The van der Waals surface area contributed by atoms with Crippen molar-refractivity contribution in [2.75, 3.05) is 0 Å². The van der Waals surface area contributed by atoms with E-state index in [0.717, 1.165) is 37.9 Å². The number of hydrogen-bond donors (Lipinski definition) is 1. The second-order valence-electron chi connectivity index (χ2n) is 8.76. The van der Waals surface area contributed by atoms with E-state index >= 15 is 0 Å². The summed E-state index contributed by atoms with van der Waals surface area (Å²) >= 11 is 0. The van der Waals surface area contributed by atoms with Crippen molar-refractivity contribution in [2.24, 2.45) is 5.92 Å². The molecule has 0 radical (unpaired) electrons. The Balaban J connectivity index is 1.56. The predicted octanol–water partition coefficient (Wildman–Crippen LogP) is 3.92. The summed E-state index contributed by atoms with van der Waals surface area (Å²) in [4.78, 5) is 42.8. The Labute approximate surface area is 177 Å². The van der Waals surface area contributed by atoms with Gasteiger partial charge in [0.15, 0.2) is 0 Å². The van der Waals surface area contributed by atoms with E-state index in [1.54, 1.807) is 6.92 Å². The van der Waals surface area contributed by atoms with Crippen molar-refractivity contribution in [3.05, 3.63) is 29.3 Å². The number of carbonyl (C=O) groups excluding carboxylic acids is 3. The molecule has 1 aromatic heterocycles. The lowest BCUT2D eigenvalue weighted by atomic mass is 9.86. The maximum absolute atomic E-state index is 13.6. The van der Waals surface area contributed by atoms with Gasteiger partial charge in [-0.15, -0.1) is 0 Å². The lowest BCUT2D eigenvalue weighted by molar-refractivity contribution is -0.129. The molecule has 0 saturated heterocycles. The number of imide groups is 1. The Kier molecular flexibility index (Phi) is 7.56. The molecule has 0 aliphatic heterocycles. The minimum absolute atomic E-state index is 0.0822. The van der Waals surface area contributed by atoms with Gasteiger partial charge >= 0.3 is 0 Å². The second kappa shape index (κ2) is 10.1. The average Bonchev–Trinajstić information content (AvgIpc) is 2.71. The Bertz CT molecular complexity index is 784. The van der Waals surface area contributed by atoms with E-state index in [1.165, 1.54) is 31.1 Å². The second-order valence-corrected chi connectivity index (χ2v) is 8.76. The minimum Gasteiger partial charge on any atom is -0.353 e. The molecule has 0 aromatic carbocycles. The number of rotatable bonds is 5. The fourth-order valence-corrected chi connectivity index (χ4v) is 4.84. The molecule has 0 unspecified atom stereocenters. The summed E-state index contributed by atoms with van der Waals surface area (Å²) < 4.78 is 13.6. The standard InChI is InChI=1S/C23H32FN3O3/c1-15-21(13-18(24)14-25-15)23(30)27(16(2)28)20-10-8-19(9-11-20)26-22(29)12-17-6-4-3-5-7-17/h13-14,17,19-20H,3-12H2,1-2H3,(H,26,29). The van der Waals surface area contributed by atoms with Crippen LogP contribution in [0.2, 0.25) is 0 Å². The lowest BCUT2D eigenvalue weighted by Gasteiger charge is -2.35. The van der Waals surface area contributed by atoms with Crippen LogP contribution in [0.3, 0.4) is 0 Å². The molecule has 0 atom stereocenters. The molecule has 1 N–H and O–H groups in total. The minimum atomic E-state index is -0.600. The third kappa shape index (κ3) is 5.64. The summed E-state index contributed by atoms with van der Waals surface area (Å²) in [5, 5.41) is 3.15. The van der Waals surface area contributed by atoms with E-state index in [2.05, 4.69) is 10.3 Å². The average molecular weight is 418 g/mol. The molecule has 164 valence electrons. The SMILES string of the molecule is CC(=O)N(C(=O)c1cc(F)cnc1C)C1CCC(NC(=O)CC2CCCCC2)CC1. The summed E-state index contributed by atoms with van der Waals surface area (Å²) in [6, 6.07) is 0.973. The number of aromatic nitrogens is 1. The van der Waals surface area contributed by atoms with Crippen LogP contribution in [0, 0.1) is 18.7 Å². The van der Waals surface area contributed by atoms with Crippen LogP contribution >= 0.6 is 0 Å². The van der Waals surface area contributed by atoms with Gasteiger partial charge in [0.05, 0.1) is 17.5 Å². The molecule has 0 spiro atoms. The van der Waals surface area contributed by atoms with E-state index < -0.39 is 11.7 Å². The molecular formula is C23H32FN3O3. The zero-order chi connectivity index (χ0) is 21.7. The van der Waals surface area contributed by atoms with Crippen LogP contribution in [0.1, 0.15) is 87.2 Å². The molecule has 1 aromatic rings. The van der Waals surface area contributed by atoms with E-state index in [-0.39, 0.29) is 29.5 Å². The van der Waals surface area contributed by atoms with Crippen LogP contribution < -0.4 is 5.32 Å². The largest absolute Gasteiger partial charge is 0.353 e. The topological polar surface area (TPSA) is 79.4 Å². The zero-order valence-corrected chi connectivity index (χ0v) is 18.0. The molecule has 2 fully saturated rings. The molecule has 1 heterocycles. The Morgan fingerprint density at radius 1 is 1.10 bits per heavy atom. The highest BCUT2D eigenvalue weighted by Crippen LogP contribution is 2.28. The monoisotopic (exact) mass is 417 g/mol. The van der Waals surface area contributed by atoms with Gasteiger partial charge in [0, 0.05) is 25.4 Å². The number of aryl methyl sites for hydroxylation is 1. The van der Waals surface area contributed by atoms with Gasteiger partial charge < -0.3 is 5.32 Å². The molecule has 3 amide bonds. The van der Waals surface area contributed by atoms with Crippen LogP contribution in [0.4, 0.5) is 4.39 Å². The summed E-state index contributed by atoms with van der Waals surface area (Å²) in [5.74, 6) is -0.836. The molecule has 7 heteroatoms. The predicted molar refractivity (Wildman–Crippen MR) is 111 cm³/mol. The number of nitrogens with one attached hydrogen (secondary N) is 1. The van der Waals surface area contributed by atoms with Crippen molar-refractivity contribution in [1.29, 1.82) is 0 Å². The first-order valence-electron chi connectivity index (χ1n) is 11.1. The summed E-state index contributed by atoms with van der Waals surface area (Å²) in [6.07, 6.45) is 10.4. The van der Waals surface area contributed by atoms with Crippen molar-refractivity contribution in [3.8, 4) is 0 Å². The van der Waals surface area contributed by atoms with Crippen LogP contribution in [-0.4, -0.2) is 39.7 Å². The van der Waals surface area contributed by atoms with Crippen molar-refractivity contribution in [3.63, 3.8) is 0 Å². The fourth-order valence-electron chi connectivity index (χ4n) is 4.84. The summed E-state index contributed by atoms with van der Waals surface area (Å²) in [7, 11) is 0. The highest BCUT2D eigenvalue weighted by atomic mass is 19.1. The van der Waals surface area contributed by atoms with Gasteiger partial charge in [0.2, 0.25) is 11.8 Å². The van der Waals surface area contributed by atoms with Crippen LogP contribution in [0.25, 0.3) is 0 Å². The lowest BCUT2D eigenvalue weighted by Crippen LogP contribution is -2.48. The Morgan fingerprint density at radius 2 is 1.77 bits per heavy atom. The van der Waals surface area contributed by atoms with Gasteiger partial charge in [-0.25, -0.2) is 4.39 Å². The van der Waals surface area contributed by atoms with Crippen molar-refractivity contribution < 1.29 is 18.8 Å². The van der Waals surface area contributed by atoms with Crippen LogP contribution in [0.5, 0.6) is 0 Å². The molecule has 2 aliphatic carbocycles. The van der Waals surface area contributed by atoms with Crippen LogP contribution in [0.15, 0.2) is 12.3 Å². The Morgan fingerprint density at radius 3 is 2.40 bits per heavy atom. The first-order chi connectivity index (χ1) is 14.3. The van der Waals surface area contributed by atoms with Gasteiger partial charge in [-0.05, 0) is 57.4 Å². The maximum atomic E-state index is 13.6. The van der Waals surface area contributed by atoms with Gasteiger partial charge in [0.25, 0.3) is 5.91 Å². The molecule has 2 saturated carbocycles. The highest BCUT2D eigenvalue weighted by Gasteiger charge is 2.33. The smallest absolute Gasteiger partial charge is 0.262 e. The number of pyridine rings is 1. The number of hydrogen-bond acceptors (Lipinski definition) is 4. The maximum Gasteiger partial charge on any atom is 0.262 e. The van der Waals surface area contributed by atoms with Gasteiger partial charge in [-0.3, -0.25) is 24.3 Å². The van der Waals surface area contributed by atoms with Gasteiger partial charge in [0.1, 0.15) is 5.82 Å². The molecular weight excluding hydrogens is 385 g/mol. The normalized spacial score (nSPS) is 22.4. The van der Waals surface area contributed by atoms with Gasteiger partial charge in [-0.2, -0.15) is 0 Å². The molecule has 0 bridgehead atoms. The molecule has 30 heavy (non-hydrogen) atoms. The van der Waals surface area contributed by atoms with E-state index in [0.29, 0.717) is 30.9 Å². The van der Waals surface area contributed by atoms with E-state index in [9.17, 15) is 18.8 Å². The molecule has 3 rings (SSSR count). The molecule has 6 nitrogen and oxygen atoms in total. The first kappa shape index (κ1) is 22.4.